The highest BCUT2D eigenvalue weighted by molar-refractivity contribution is 7.90. The van der Waals surface area contributed by atoms with Gasteiger partial charge in [-0.25, -0.2) is 18.2 Å². The van der Waals surface area contributed by atoms with E-state index in [-0.39, 0.29) is 18.8 Å². The number of unbranched alkanes of at least 4 members (excludes halogenated alkanes) is 2. The molecule has 0 aliphatic heterocycles. The topological polar surface area (TPSA) is 100.0 Å². The highest BCUT2D eigenvalue weighted by Gasteiger charge is 2.23. The van der Waals surface area contributed by atoms with E-state index in [2.05, 4.69) is 4.98 Å². The summed E-state index contributed by atoms with van der Waals surface area (Å²) in [5, 5.41) is 0. The lowest BCUT2D eigenvalue weighted by atomic mass is 10.3. The van der Waals surface area contributed by atoms with Gasteiger partial charge in [-0.2, -0.15) is 3.97 Å². The van der Waals surface area contributed by atoms with Crippen LogP contribution >= 0.6 is 0 Å². The quantitative estimate of drug-likeness (QED) is 0.751. The fourth-order valence-electron chi connectivity index (χ4n) is 2.28. The Bertz CT molecular complexity index is 776. The summed E-state index contributed by atoms with van der Waals surface area (Å²) in [6, 6.07) is 3.21. The highest BCUT2D eigenvalue weighted by Crippen LogP contribution is 2.13. The SMILES string of the molecule is CCCCCS(=O)(=O)n1c(=O)n(CCN)c2ncccc21. The average molecular weight is 312 g/mol. The third-order valence-electron chi connectivity index (χ3n) is 3.28. The van der Waals surface area contributed by atoms with Crippen molar-refractivity contribution in [3.05, 3.63) is 28.8 Å². The van der Waals surface area contributed by atoms with Gasteiger partial charge in [0.05, 0.1) is 5.75 Å². The van der Waals surface area contributed by atoms with Gasteiger partial charge >= 0.3 is 5.69 Å². The summed E-state index contributed by atoms with van der Waals surface area (Å²) < 4.78 is 27.1. The first kappa shape index (κ1) is 15.7. The van der Waals surface area contributed by atoms with Crippen LogP contribution in [0.15, 0.2) is 23.1 Å². The standard InChI is InChI=1S/C13H20N4O3S/c1-2-3-4-10-21(19,20)17-11-6-5-8-15-12(11)16(9-7-14)13(17)18/h5-6,8H,2-4,7,9-10,14H2,1H3. The lowest BCUT2D eigenvalue weighted by Crippen LogP contribution is -2.32. The number of hydrogen-bond acceptors (Lipinski definition) is 5. The van der Waals surface area contributed by atoms with Gasteiger partial charge in [-0.3, -0.25) is 4.57 Å². The number of nitrogens with two attached hydrogens (primary N) is 1. The van der Waals surface area contributed by atoms with Crippen molar-refractivity contribution in [2.45, 2.75) is 32.7 Å². The zero-order valence-corrected chi connectivity index (χ0v) is 12.8. The Morgan fingerprint density at radius 1 is 1.33 bits per heavy atom. The smallest absolute Gasteiger partial charge is 0.329 e. The first-order valence-corrected chi connectivity index (χ1v) is 8.63. The van der Waals surface area contributed by atoms with Crippen molar-refractivity contribution in [1.82, 2.24) is 13.5 Å². The van der Waals surface area contributed by atoms with E-state index in [0.717, 1.165) is 16.8 Å². The molecule has 0 unspecified atom stereocenters. The van der Waals surface area contributed by atoms with Crippen molar-refractivity contribution in [2.24, 2.45) is 5.73 Å². The molecule has 2 N–H and O–H groups in total. The van der Waals surface area contributed by atoms with Crippen LogP contribution in [-0.2, 0) is 16.6 Å². The maximum atomic E-state index is 12.5. The molecule has 2 aromatic heterocycles. The number of imidazole rings is 1. The number of aromatic nitrogens is 3. The summed E-state index contributed by atoms with van der Waals surface area (Å²) in [5.74, 6) is -0.0443. The summed E-state index contributed by atoms with van der Waals surface area (Å²) >= 11 is 0. The van der Waals surface area contributed by atoms with E-state index >= 15 is 0 Å². The van der Waals surface area contributed by atoms with Gasteiger partial charge in [0, 0.05) is 19.3 Å². The predicted molar refractivity (Wildman–Crippen MR) is 81.8 cm³/mol. The van der Waals surface area contributed by atoms with Crippen molar-refractivity contribution in [2.75, 3.05) is 12.3 Å². The molecule has 2 aromatic rings. The Kier molecular flexibility index (Phi) is 4.79. The molecule has 116 valence electrons. The summed E-state index contributed by atoms with van der Waals surface area (Å²) in [4.78, 5) is 16.5. The number of fused-ring (bicyclic) bond motifs is 1. The minimum Gasteiger partial charge on any atom is -0.329 e. The minimum atomic E-state index is -3.68. The fourth-order valence-corrected chi connectivity index (χ4v) is 3.81. The van der Waals surface area contributed by atoms with Gasteiger partial charge in [0.2, 0.25) is 10.0 Å². The van der Waals surface area contributed by atoms with Crippen LogP contribution < -0.4 is 11.4 Å². The monoisotopic (exact) mass is 312 g/mol. The summed E-state index contributed by atoms with van der Waals surface area (Å²) in [6.07, 6.45) is 3.80. The molecular weight excluding hydrogens is 292 g/mol. The summed E-state index contributed by atoms with van der Waals surface area (Å²) in [5.41, 5.74) is 5.56. The second kappa shape index (κ2) is 6.40. The van der Waals surface area contributed by atoms with Crippen LogP contribution in [0.4, 0.5) is 0 Å². The molecule has 0 radical (unpaired) electrons. The lowest BCUT2D eigenvalue weighted by Gasteiger charge is -2.04. The Balaban J connectivity index is 2.58. The maximum absolute atomic E-state index is 12.5. The van der Waals surface area contributed by atoms with E-state index in [9.17, 15) is 13.2 Å². The van der Waals surface area contributed by atoms with Gasteiger partial charge in [0.15, 0.2) is 5.65 Å². The first-order valence-electron chi connectivity index (χ1n) is 7.02. The van der Waals surface area contributed by atoms with Crippen molar-refractivity contribution in [1.29, 1.82) is 0 Å². The molecule has 21 heavy (non-hydrogen) atoms. The van der Waals surface area contributed by atoms with Gasteiger partial charge in [-0.15, -0.1) is 0 Å². The Labute approximate surface area is 123 Å². The number of hydrogen-bond donors (Lipinski definition) is 1. The maximum Gasteiger partial charge on any atom is 0.344 e. The van der Waals surface area contributed by atoms with E-state index in [1.54, 1.807) is 12.1 Å². The van der Waals surface area contributed by atoms with Crippen LogP contribution in [0.1, 0.15) is 26.2 Å². The second-order valence-electron chi connectivity index (χ2n) is 4.86. The number of pyridine rings is 1. The number of nitrogens with zero attached hydrogens (tertiary/aromatic N) is 3. The Morgan fingerprint density at radius 2 is 2.10 bits per heavy atom. The molecule has 0 aliphatic rings. The molecular formula is C13H20N4O3S. The fraction of sp³-hybridized carbons (Fsp3) is 0.538. The molecule has 0 bridgehead atoms. The molecule has 0 aromatic carbocycles. The van der Waals surface area contributed by atoms with Gasteiger partial charge in [0.25, 0.3) is 0 Å². The molecule has 2 rings (SSSR count). The molecule has 0 aliphatic carbocycles. The predicted octanol–water partition coefficient (Wildman–Crippen LogP) is 0.525. The normalized spacial score (nSPS) is 12.1. The van der Waals surface area contributed by atoms with Crippen LogP contribution in [0.3, 0.4) is 0 Å². The van der Waals surface area contributed by atoms with Crippen LogP contribution in [0, 0.1) is 0 Å². The molecule has 8 heteroatoms. The third-order valence-corrected chi connectivity index (χ3v) is 5.00. The lowest BCUT2D eigenvalue weighted by molar-refractivity contribution is 0.578. The van der Waals surface area contributed by atoms with Crippen LogP contribution in [-0.4, -0.2) is 34.2 Å². The van der Waals surface area contributed by atoms with Crippen LogP contribution in [0.5, 0.6) is 0 Å². The molecule has 0 amide bonds. The Morgan fingerprint density at radius 3 is 2.76 bits per heavy atom. The average Bonchev–Trinajstić information content (AvgIpc) is 2.73. The molecule has 0 fully saturated rings. The summed E-state index contributed by atoms with van der Waals surface area (Å²) in [6.45, 7) is 2.48. The zero-order chi connectivity index (χ0) is 15.5. The van der Waals surface area contributed by atoms with E-state index in [4.69, 9.17) is 5.73 Å². The van der Waals surface area contributed by atoms with Gasteiger partial charge in [-0.1, -0.05) is 19.8 Å². The van der Waals surface area contributed by atoms with Crippen molar-refractivity contribution in [3.63, 3.8) is 0 Å². The van der Waals surface area contributed by atoms with Gasteiger partial charge in [-0.05, 0) is 18.6 Å². The van der Waals surface area contributed by atoms with Crippen LogP contribution in [0.25, 0.3) is 11.2 Å². The van der Waals surface area contributed by atoms with E-state index in [1.165, 1.54) is 10.8 Å². The van der Waals surface area contributed by atoms with Crippen LogP contribution in [0.2, 0.25) is 0 Å². The molecule has 0 saturated heterocycles. The van der Waals surface area contributed by atoms with E-state index in [0.29, 0.717) is 17.6 Å². The first-order chi connectivity index (χ1) is 10.0. The number of rotatable bonds is 7. The zero-order valence-electron chi connectivity index (χ0n) is 12.0. The van der Waals surface area contributed by atoms with Crippen molar-refractivity contribution >= 4 is 21.2 Å². The van der Waals surface area contributed by atoms with E-state index in [1.807, 2.05) is 6.92 Å². The molecule has 0 spiro atoms. The van der Waals surface area contributed by atoms with Crippen molar-refractivity contribution in [3.8, 4) is 0 Å². The van der Waals surface area contributed by atoms with Gasteiger partial charge in [0.1, 0.15) is 5.52 Å². The summed E-state index contributed by atoms with van der Waals surface area (Å²) in [7, 11) is -3.68. The Hall–Kier alpha value is -1.67. The molecule has 2 heterocycles. The molecule has 0 atom stereocenters. The largest absolute Gasteiger partial charge is 0.344 e. The third kappa shape index (κ3) is 3.01. The minimum absolute atomic E-state index is 0.0443. The highest BCUT2D eigenvalue weighted by atomic mass is 32.2. The van der Waals surface area contributed by atoms with Crippen molar-refractivity contribution < 1.29 is 8.42 Å². The second-order valence-corrected chi connectivity index (χ2v) is 6.79. The van der Waals surface area contributed by atoms with Gasteiger partial charge < -0.3 is 5.73 Å². The van der Waals surface area contributed by atoms with E-state index < -0.39 is 15.7 Å². The molecule has 7 nitrogen and oxygen atoms in total. The molecule has 0 saturated carbocycles.